The Morgan fingerprint density at radius 1 is 1.29 bits per heavy atom. The molecule has 0 aliphatic rings. The number of halogens is 1. The van der Waals surface area contributed by atoms with Gasteiger partial charge in [0.1, 0.15) is 0 Å². The predicted octanol–water partition coefficient (Wildman–Crippen LogP) is 2.16. The molecule has 0 unspecified atom stereocenters. The largest absolute Gasteiger partial charge is 0.356 e. The Hall–Kier alpha value is -1.57. The van der Waals surface area contributed by atoms with Crippen LogP contribution in [0.4, 0.5) is 5.69 Å². The number of benzene rings is 1. The van der Waals surface area contributed by atoms with Crippen LogP contribution < -0.4 is 16.0 Å². The van der Waals surface area contributed by atoms with Gasteiger partial charge in [0, 0.05) is 32.7 Å². The predicted molar refractivity (Wildman–Crippen MR) is 99.4 cm³/mol. The molecule has 116 valence electrons. The number of guanidine groups is 1. The summed E-state index contributed by atoms with van der Waals surface area (Å²) in [6.45, 7) is 6.62. The molecule has 0 aromatic heterocycles. The van der Waals surface area contributed by atoms with Crippen molar-refractivity contribution in [3.63, 3.8) is 0 Å². The van der Waals surface area contributed by atoms with Crippen LogP contribution in [-0.2, 0) is 11.2 Å². The Kier molecular flexibility index (Phi) is 10.3. The molecule has 1 amide bonds. The molecular formula is C15H23IN4O. The lowest BCUT2D eigenvalue weighted by Crippen LogP contribution is -2.38. The molecule has 6 heteroatoms. The van der Waals surface area contributed by atoms with Crippen molar-refractivity contribution in [3.8, 4) is 0 Å². The summed E-state index contributed by atoms with van der Waals surface area (Å²) in [4.78, 5) is 15.0. The number of carbonyl (C=O) groups excluding carboxylic acids is 1. The van der Waals surface area contributed by atoms with Crippen LogP contribution in [0.15, 0.2) is 41.9 Å². The van der Waals surface area contributed by atoms with Crippen molar-refractivity contribution in [2.45, 2.75) is 13.3 Å². The van der Waals surface area contributed by atoms with E-state index in [1.165, 1.54) is 12.5 Å². The first-order valence-corrected chi connectivity index (χ1v) is 6.57. The van der Waals surface area contributed by atoms with Gasteiger partial charge in [-0.3, -0.25) is 9.79 Å². The molecule has 21 heavy (non-hydrogen) atoms. The third-order valence-corrected chi connectivity index (χ3v) is 2.62. The number of aliphatic imine (C=N–C) groups is 1. The maximum Gasteiger partial charge on any atom is 0.221 e. The van der Waals surface area contributed by atoms with Gasteiger partial charge >= 0.3 is 0 Å². The van der Waals surface area contributed by atoms with Crippen LogP contribution in [0.3, 0.4) is 0 Å². The van der Waals surface area contributed by atoms with Gasteiger partial charge in [-0.25, -0.2) is 0 Å². The first-order chi connectivity index (χ1) is 9.65. The van der Waals surface area contributed by atoms with Gasteiger partial charge in [0.2, 0.25) is 5.91 Å². The number of anilines is 1. The Balaban J connectivity index is 0.00000400. The van der Waals surface area contributed by atoms with Crippen LogP contribution >= 0.6 is 24.0 Å². The van der Waals surface area contributed by atoms with E-state index in [1.54, 1.807) is 13.1 Å². The summed E-state index contributed by atoms with van der Waals surface area (Å²) in [6.07, 6.45) is 2.67. The smallest absolute Gasteiger partial charge is 0.221 e. The quantitative estimate of drug-likeness (QED) is 0.296. The van der Waals surface area contributed by atoms with Crippen molar-refractivity contribution in [3.05, 3.63) is 42.5 Å². The molecule has 0 aliphatic carbocycles. The van der Waals surface area contributed by atoms with Gasteiger partial charge in [0.15, 0.2) is 5.96 Å². The van der Waals surface area contributed by atoms with E-state index >= 15 is 0 Å². The topological polar surface area (TPSA) is 65.5 Å². The fourth-order valence-corrected chi connectivity index (χ4v) is 1.67. The zero-order valence-corrected chi connectivity index (χ0v) is 14.8. The second-order valence-corrected chi connectivity index (χ2v) is 4.30. The third kappa shape index (κ3) is 8.34. The SMILES string of the molecule is C=CCNC(=NC)NCCc1ccc(NC(C)=O)cc1.I. The fraction of sp³-hybridized carbons (Fsp3) is 0.333. The Bertz CT molecular complexity index is 471. The molecular weight excluding hydrogens is 379 g/mol. The summed E-state index contributed by atoms with van der Waals surface area (Å²) in [5, 5.41) is 9.08. The van der Waals surface area contributed by atoms with Gasteiger partial charge in [-0.2, -0.15) is 0 Å². The van der Waals surface area contributed by atoms with E-state index in [9.17, 15) is 4.79 Å². The molecule has 1 aromatic carbocycles. The zero-order valence-electron chi connectivity index (χ0n) is 12.5. The summed E-state index contributed by atoms with van der Waals surface area (Å²) in [7, 11) is 1.74. The molecule has 0 bridgehead atoms. The van der Waals surface area contributed by atoms with E-state index in [4.69, 9.17) is 0 Å². The van der Waals surface area contributed by atoms with Crippen molar-refractivity contribution in [1.82, 2.24) is 10.6 Å². The van der Waals surface area contributed by atoms with Crippen molar-refractivity contribution >= 4 is 41.5 Å². The van der Waals surface area contributed by atoms with Gasteiger partial charge in [-0.05, 0) is 24.1 Å². The summed E-state index contributed by atoms with van der Waals surface area (Å²) in [6, 6.07) is 7.82. The fourth-order valence-electron chi connectivity index (χ4n) is 1.67. The maximum absolute atomic E-state index is 10.9. The molecule has 0 saturated carbocycles. The molecule has 0 radical (unpaired) electrons. The standard InChI is InChI=1S/C15H22N4O.HI/c1-4-10-17-15(16-3)18-11-9-13-5-7-14(8-6-13)19-12(2)20;/h4-8H,1,9-11H2,2-3H3,(H,19,20)(H2,16,17,18);1H. The van der Waals surface area contributed by atoms with Gasteiger partial charge in [0.05, 0.1) is 0 Å². The molecule has 5 nitrogen and oxygen atoms in total. The van der Waals surface area contributed by atoms with Crippen LogP contribution in [0.2, 0.25) is 0 Å². The number of rotatable bonds is 6. The van der Waals surface area contributed by atoms with Crippen molar-refractivity contribution in [1.29, 1.82) is 0 Å². The highest BCUT2D eigenvalue weighted by Gasteiger charge is 1.98. The molecule has 0 heterocycles. The van der Waals surface area contributed by atoms with E-state index < -0.39 is 0 Å². The van der Waals surface area contributed by atoms with Crippen LogP contribution in [0.5, 0.6) is 0 Å². The van der Waals surface area contributed by atoms with Gasteiger partial charge in [0.25, 0.3) is 0 Å². The van der Waals surface area contributed by atoms with Crippen LogP contribution in [0.1, 0.15) is 12.5 Å². The van der Waals surface area contributed by atoms with E-state index in [0.29, 0.717) is 6.54 Å². The summed E-state index contributed by atoms with van der Waals surface area (Å²) >= 11 is 0. The monoisotopic (exact) mass is 402 g/mol. The molecule has 0 fully saturated rings. The zero-order chi connectivity index (χ0) is 14.8. The first-order valence-electron chi connectivity index (χ1n) is 6.57. The van der Waals surface area contributed by atoms with E-state index in [0.717, 1.165) is 24.6 Å². The highest BCUT2D eigenvalue weighted by atomic mass is 127. The van der Waals surface area contributed by atoms with E-state index in [1.807, 2.05) is 24.3 Å². The van der Waals surface area contributed by atoms with Gasteiger partial charge < -0.3 is 16.0 Å². The minimum atomic E-state index is -0.0588. The molecule has 0 spiro atoms. The molecule has 3 N–H and O–H groups in total. The number of carbonyl (C=O) groups is 1. The number of hydrogen-bond acceptors (Lipinski definition) is 2. The number of amides is 1. The van der Waals surface area contributed by atoms with Gasteiger partial charge in [-0.15, -0.1) is 30.6 Å². The minimum Gasteiger partial charge on any atom is -0.356 e. The lowest BCUT2D eigenvalue weighted by molar-refractivity contribution is -0.114. The first kappa shape index (κ1) is 19.4. The highest BCUT2D eigenvalue weighted by Crippen LogP contribution is 2.09. The molecule has 0 atom stereocenters. The summed E-state index contributed by atoms with van der Waals surface area (Å²) in [5.41, 5.74) is 2.02. The summed E-state index contributed by atoms with van der Waals surface area (Å²) in [5.74, 6) is 0.705. The Morgan fingerprint density at radius 2 is 1.95 bits per heavy atom. The number of hydrogen-bond donors (Lipinski definition) is 3. The minimum absolute atomic E-state index is 0. The van der Waals surface area contributed by atoms with Gasteiger partial charge in [-0.1, -0.05) is 18.2 Å². The Morgan fingerprint density at radius 3 is 2.48 bits per heavy atom. The van der Waals surface area contributed by atoms with Crippen LogP contribution in [0.25, 0.3) is 0 Å². The maximum atomic E-state index is 10.9. The van der Waals surface area contributed by atoms with Crippen LogP contribution in [-0.4, -0.2) is 32.0 Å². The second kappa shape index (κ2) is 11.1. The van der Waals surface area contributed by atoms with Crippen molar-refractivity contribution < 1.29 is 4.79 Å². The van der Waals surface area contributed by atoms with E-state index in [2.05, 4.69) is 27.5 Å². The second-order valence-electron chi connectivity index (χ2n) is 4.30. The van der Waals surface area contributed by atoms with Crippen LogP contribution in [0, 0.1) is 0 Å². The lowest BCUT2D eigenvalue weighted by Gasteiger charge is -2.10. The van der Waals surface area contributed by atoms with Crippen molar-refractivity contribution in [2.75, 3.05) is 25.5 Å². The Labute approximate surface area is 143 Å². The lowest BCUT2D eigenvalue weighted by atomic mass is 10.1. The molecule has 0 saturated heterocycles. The summed E-state index contributed by atoms with van der Waals surface area (Å²) < 4.78 is 0. The third-order valence-electron chi connectivity index (χ3n) is 2.62. The molecule has 1 aromatic rings. The highest BCUT2D eigenvalue weighted by molar-refractivity contribution is 14.0. The normalized spacial score (nSPS) is 10.3. The van der Waals surface area contributed by atoms with Crippen molar-refractivity contribution in [2.24, 2.45) is 4.99 Å². The number of nitrogens with zero attached hydrogens (tertiary/aromatic N) is 1. The average Bonchev–Trinajstić information content (AvgIpc) is 2.44. The average molecular weight is 402 g/mol. The van der Waals surface area contributed by atoms with E-state index in [-0.39, 0.29) is 29.9 Å². The number of nitrogens with one attached hydrogen (secondary N) is 3. The molecule has 1 rings (SSSR count). The molecule has 0 aliphatic heterocycles.